The number of nitrogens with one attached hydrogen (secondary N) is 2. The fourth-order valence-electron chi connectivity index (χ4n) is 1.80. The molecule has 1 fully saturated rings. The van der Waals surface area contributed by atoms with Crippen LogP contribution in [0.2, 0.25) is 0 Å². The summed E-state index contributed by atoms with van der Waals surface area (Å²) < 4.78 is 0. The zero-order valence-corrected chi connectivity index (χ0v) is 9.49. The van der Waals surface area contributed by atoms with Crippen molar-refractivity contribution in [3.63, 3.8) is 0 Å². The van der Waals surface area contributed by atoms with E-state index in [9.17, 15) is 4.79 Å². The molecule has 0 spiro atoms. The SMILES string of the molecule is CNC(=O)c1cccnc1NCC1CCC1. The first-order valence-electron chi connectivity index (χ1n) is 5.72. The molecule has 0 saturated heterocycles. The van der Waals surface area contributed by atoms with Crippen LogP contribution < -0.4 is 10.6 Å². The zero-order valence-electron chi connectivity index (χ0n) is 9.49. The van der Waals surface area contributed by atoms with E-state index in [1.165, 1.54) is 19.3 Å². The molecular weight excluding hydrogens is 202 g/mol. The Morgan fingerprint density at radius 2 is 2.38 bits per heavy atom. The predicted molar refractivity (Wildman–Crippen MR) is 63.5 cm³/mol. The lowest BCUT2D eigenvalue weighted by Crippen LogP contribution is -2.24. The van der Waals surface area contributed by atoms with Crippen LogP contribution in [0.1, 0.15) is 29.6 Å². The van der Waals surface area contributed by atoms with Gasteiger partial charge in [0.2, 0.25) is 0 Å². The van der Waals surface area contributed by atoms with Gasteiger partial charge in [-0.15, -0.1) is 0 Å². The Hall–Kier alpha value is -1.58. The van der Waals surface area contributed by atoms with Crippen LogP contribution in [0.4, 0.5) is 5.82 Å². The van der Waals surface area contributed by atoms with Gasteiger partial charge in [-0.05, 0) is 30.9 Å². The monoisotopic (exact) mass is 219 g/mol. The van der Waals surface area contributed by atoms with Gasteiger partial charge < -0.3 is 10.6 Å². The van der Waals surface area contributed by atoms with Crippen LogP contribution in [-0.2, 0) is 0 Å². The van der Waals surface area contributed by atoms with Crippen molar-refractivity contribution in [3.05, 3.63) is 23.9 Å². The number of hydrogen-bond donors (Lipinski definition) is 2. The van der Waals surface area contributed by atoms with Crippen molar-refractivity contribution < 1.29 is 4.79 Å². The highest BCUT2D eigenvalue weighted by Gasteiger charge is 2.18. The molecule has 0 unspecified atom stereocenters. The fraction of sp³-hybridized carbons (Fsp3) is 0.500. The predicted octanol–water partition coefficient (Wildman–Crippen LogP) is 1.65. The largest absolute Gasteiger partial charge is 0.369 e. The van der Waals surface area contributed by atoms with E-state index in [4.69, 9.17) is 0 Å². The number of rotatable bonds is 4. The molecule has 1 aliphatic rings. The van der Waals surface area contributed by atoms with Crippen LogP contribution in [0.3, 0.4) is 0 Å². The number of pyridine rings is 1. The summed E-state index contributed by atoms with van der Waals surface area (Å²) in [4.78, 5) is 15.8. The molecule has 1 aromatic heterocycles. The van der Waals surface area contributed by atoms with Gasteiger partial charge in [0.05, 0.1) is 5.56 Å². The van der Waals surface area contributed by atoms with Crippen LogP contribution in [0.15, 0.2) is 18.3 Å². The minimum Gasteiger partial charge on any atom is -0.369 e. The van der Waals surface area contributed by atoms with Gasteiger partial charge in [-0.25, -0.2) is 4.98 Å². The summed E-state index contributed by atoms with van der Waals surface area (Å²) in [5.74, 6) is 1.34. The molecule has 4 nitrogen and oxygen atoms in total. The van der Waals surface area contributed by atoms with Crippen molar-refractivity contribution in [1.82, 2.24) is 10.3 Å². The summed E-state index contributed by atoms with van der Waals surface area (Å²) >= 11 is 0. The molecule has 0 aromatic carbocycles. The maximum absolute atomic E-state index is 11.6. The molecule has 86 valence electrons. The highest BCUT2D eigenvalue weighted by molar-refractivity contribution is 5.98. The van der Waals surface area contributed by atoms with Crippen molar-refractivity contribution in [3.8, 4) is 0 Å². The molecule has 4 heteroatoms. The number of nitrogens with zero attached hydrogens (tertiary/aromatic N) is 1. The van der Waals surface area contributed by atoms with Crippen LogP contribution >= 0.6 is 0 Å². The van der Waals surface area contributed by atoms with E-state index in [0.29, 0.717) is 11.4 Å². The van der Waals surface area contributed by atoms with Crippen LogP contribution in [0.5, 0.6) is 0 Å². The molecule has 0 bridgehead atoms. The second-order valence-electron chi connectivity index (χ2n) is 4.16. The fourth-order valence-corrected chi connectivity index (χ4v) is 1.80. The molecule has 2 N–H and O–H groups in total. The molecule has 1 aliphatic carbocycles. The number of hydrogen-bond acceptors (Lipinski definition) is 3. The Balaban J connectivity index is 2.03. The smallest absolute Gasteiger partial charge is 0.254 e. The third-order valence-corrected chi connectivity index (χ3v) is 3.06. The minimum absolute atomic E-state index is 0.0933. The van der Waals surface area contributed by atoms with E-state index in [1.807, 2.05) is 0 Å². The molecule has 0 atom stereocenters. The minimum atomic E-state index is -0.0933. The van der Waals surface area contributed by atoms with E-state index in [0.717, 1.165) is 12.5 Å². The van der Waals surface area contributed by atoms with Crippen LogP contribution in [0, 0.1) is 5.92 Å². The first-order valence-corrected chi connectivity index (χ1v) is 5.72. The van der Waals surface area contributed by atoms with Crippen molar-refractivity contribution in [2.24, 2.45) is 5.92 Å². The molecular formula is C12H17N3O. The van der Waals surface area contributed by atoms with E-state index in [1.54, 1.807) is 25.4 Å². The molecule has 0 radical (unpaired) electrons. The maximum atomic E-state index is 11.6. The number of amides is 1. The third-order valence-electron chi connectivity index (χ3n) is 3.06. The first-order chi connectivity index (χ1) is 7.81. The van der Waals surface area contributed by atoms with Crippen LogP contribution in [-0.4, -0.2) is 24.5 Å². The van der Waals surface area contributed by atoms with Gasteiger partial charge in [-0.2, -0.15) is 0 Å². The van der Waals surface area contributed by atoms with Gasteiger partial charge in [-0.3, -0.25) is 4.79 Å². The third kappa shape index (κ3) is 2.32. The van der Waals surface area contributed by atoms with E-state index < -0.39 is 0 Å². The van der Waals surface area contributed by atoms with Gasteiger partial charge in [0.15, 0.2) is 0 Å². The highest BCUT2D eigenvalue weighted by Crippen LogP contribution is 2.26. The molecule has 1 heterocycles. The second-order valence-corrected chi connectivity index (χ2v) is 4.16. The van der Waals surface area contributed by atoms with Gasteiger partial charge in [-0.1, -0.05) is 6.42 Å². The highest BCUT2D eigenvalue weighted by atomic mass is 16.1. The number of anilines is 1. The Kier molecular flexibility index (Phi) is 3.39. The Morgan fingerprint density at radius 3 is 3.00 bits per heavy atom. The van der Waals surface area contributed by atoms with E-state index in [-0.39, 0.29) is 5.91 Å². The topological polar surface area (TPSA) is 54.0 Å². The Bertz CT molecular complexity index is 374. The van der Waals surface area contributed by atoms with E-state index >= 15 is 0 Å². The van der Waals surface area contributed by atoms with Gasteiger partial charge in [0.25, 0.3) is 5.91 Å². The second kappa shape index (κ2) is 4.96. The van der Waals surface area contributed by atoms with Gasteiger partial charge >= 0.3 is 0 Å². The molecule has 1 amide bonds. The molecule has 0 aliphatic heterocycles. The maximum Gasteiger partial charge on any atom is 0.254 e. The van der Waals surface area contributed by atoms with Crippen molar-refractivity contribution in [2.75, 3.05) is 18.9 Å². The summed E-state index contributed by atoms with van der Waals surface area (Å²) in [6, 6.07) is 3.56. The number of aromatic nitrogens is 1. The number of carbonyl (C=O) groups excluding carboxylic acids is 1. The van der Waals surface area contributed by atoms with E-state index in [2.05, 4.69) is 15.6 Å². The lowest BCUT2D eigenvalue weighted by atomic mass is 9.85. The Labute approximate surface area is 95.5 Å². The Morgan fingerprint density at radius 1 is 1.56 bits per heavy atom. The summed E-state index contributed by atoms with van der Waals surface area (Å²) in [7, 11) is 1.63. The summed E-state index contributed by atoms with van der Waals surface area (Å²) in [6.07, 6.45) is 5.61. The van der Waals surface area contributed by atoms with Gasteiger partial charge in [0.1, 0.15) is 5.82 Å². The van der Waals surface area contributed by atoms with Crippen LogP contribution in [0.25, 0.3) is 0 Å². The molecule has 1 aromatic rings. The molecule has 16 heavy (non-hydrogen) atoms. The summed E-state index contributed by atoms with van der Waals surface area (Å²) in [5, 5.41) is 5.88. The summed E-state index contributed by atoms with van der Waals surface area (Å²) in [5.41, 5.74) is 0.615. The first kappa shape index (κ1) is 10.9. The van der Waals surface area contributed by atoms with Crippen molar-refractivity contribution >= 4 is 11.7 Å². The van der Waals surface area contributed by atoms with Crippen molar-refractivity contribution in [2.45, 2.75) is 19.3 Å². The van der Waals surface area contributed by atoms with Crippen molar-refractivity contribution in [1.29, 1.82) is 0 Å². The lowest BCUT2D eigenvalue weighted by Gasteiger charge is -2.25. The lowest BCUT2D eigenvalue weighted by molar-refractivity contribution is 0.0963. The standard InChI is InChI=1S/C12H17N3O/c1-13-12(16)10-6-3-7-14-11(10)15-8-9-4-2-5-9/h3,6-7,9H,2,4-5,8H2,1H3,(H,13,16)(H,14,15). The van der Waals surface area contributed by atoms with Gasteiger partial charge in [0, 0.05) is 19.8 Å². The molecule has 1 saturated carbocycles. The average molecular weight is 219 g/mol. The normalized spacial score (nSPS) is 15.3. The summed E-state index contributed by atoms with van der Waals surface area (Å²) in [6.45, 7) is 0.918. The quantitative estimate of drug-likeness (QED) is 0.809. The molecule has 2 rings (SSSR count). The average Bonchev–Trinajstić information content (AvgIpc) is 2.26. The zero-order chi connectivity index (χ0) is 11.4. The number of carbonyl (C=O) groups is 1.